The maximum Gasteiger partial charge on any atom is 0.220 e. The molecular formula is C21H20N6OS. The number of aromatic nitrogens is 5. The van der Waals surface area contributed by atoms with Gasteiger partial charge < -0.3 is 5.32 Å². The van der Waals surface area contributed by atoms with Crippen LogP contribution in [0.2, 0.25) is 0 Å². The van der Waals surface area contributed by atoms with E-state index in [9.17, 15) is 4.79 Å². The molecule has 0 spiro atoms. The molecule has 2 aromatic heterocycles. The Balaban J connectivity index is 1.21. The average molecular weight is 404 g/mol. The second kappa shape index (κ2) is 9.20. The second-order valence-corrected chi connectivity index (χ2v) is 7.32. The van der Waals surface area contributed by atoms with Gasteiger partial charge in [-0.2, -0.15) is 4.80 Å². The molecule has 2 heterocycles. The Labute approximate surface area is 172 Å². The summed E-state index contributed by atoms with van der Waals surface area (Å²) in [4.78, 5) is 18.2. The second-order valence-electron chi connectivity index (χ2n) is 6.47. The number of benzene rings is 2. The molecule has 0 aliphatic rings. The highest BCUT2D eigenvalue weighted by molar-refractivity contribution is 7.13. The van der Waals surface area contributed by atoms with E-state index in [4.69, 9.17) is 0 Å². The number of carbonyl (C=O) groups is 1. The highest BCUT2D eigenvalue weighted by Gasteiger charge is 2.08. The third-order valence-corrected chi connectivity index (χ3v) is 5.23. The molecule has 0 saturated carbocycles. The molecule has 4 aromatic rings. The van der Waals surface area contributed by atoms with Gasteiger partial charge in [-0.05, 0) is 11.6 Å². The lowest BCUT2D eigenvalue weighted by Gasteiger charge is -2.03. The van der Waals surface area contributed by atoms with Gasteiger partial charge in [-0.15, -0.1) is 21.5 Å². The predicted molar refractivity (Wildman–Crippen MR) is 112 cm³/mol. The van der Waals surface area contributed by atoms with Crippen LogP contribution in [0.15, 0.2) is 66.0 Å². The quantitative estimate of drug-likeness (QED) is 0.485. The first-order valence-electron chi connectivity index (χ1n) is 9.38. The first kappa shape index (κ1) is 18.9. The van der Waals surface area contributed by atoms with E-state index in [0.29, 0.717) is 31.8 Å². The molecule has 2 aromatic carbocycles. The van der Waals surface area contributed by atoms with Crippen molar-refractivity contribution in [1.82, 2.24) is 30.5 Å². The van der Waals surface area contributed by atoms with E-state index >= 15 is 0 Å². The highest BCUT2D eigenvalue weighted by Crippen LogP contribution is 2.23. The van der Waals surface area contributed by atoms with E-state index in [2.05, 4.69) is 25.7 Å². The van der Waals surface area contributed by atoms with E-state index in [-0.39, 0.29) is 5.91 Å². The normalized spacial score (nSPS) is 10.8. The van der Waals surface area contributed by atoms with Crippen LogP contribution in [-0.4, -0.2) is 31.1 Å². The van der Waals surface area contributed by atoms with Crippen molar-refractivity contribution in [2.45, 2.75) is 25.9 Å². The van der Waals surface area contributed by atoms with Gasteiger partial charge in [0.25, 0.3) is 0 Å². The number of hydrogen-bond donors (Lipinski definition) is 1. The lowest BCUT2D eigenvalue weighted by atomic mass is 10.2. The molecule has 8 heteroatoms. The van der Waals surface area contributed by atoms with Gasteiger partial charge in [0.15, 0.2) is 0 Å². The van der Waals surface area contributed by atoms with Gasteiger partial charge in [-0.3, -0.25) is 4.79 Å². The largest absolute Gasteiger partial charge is 0.350 e. The Morgan fingerprint density at radius 1 is 1.00 bits per heavy atom. The summed E-state index contributed by atoms with van der Waals surface area (Å²) in [7, 11) is 0. The van der Waals surface area contributed by atoms with Crippen LogP contribution in [0.1, 0.15) is 18.5 Å². The fraction of sp³-hybridized carbons (Fsp3) is 0.190. The Kier molecular flexibility index (Phi) is 6.01. The number of aryl methyl sites for hydroxylation is 1. The molecule has 7 nitrogen and oxygen atoms in total. The maximum atomic E-state index is 12.1. The Morgan fingerprint density at radius 3 is 2.48 bits per heavy atom. The van der Waals surface area contributed by atoms with Gasteiger partial charge in [0.2, 0.25) is 11.7 Å². The van der Waals surface area contributed by atoms with Crippen molar-refractivity contribution in [3.05, 3.63) is 71.7 Å². The number of thiazole rings is 1. The molecule has 1 amide bonds. The molecular weight excluding hydrogens is 384 g/mol. The summed E-state index contributed by atoms with van der Waals surface area (Å²) in [5.41, 5.74) is 2.88. The number of tetrazole rings is 1. The van der Waals surface area contributed by atoms with Gasteiger partial charge >= 0.3 is 0 Å². The minimum Gasteiger partial charge on any atom is -0.350 e. The Hall–Kier alpha value is -3.39. The lowest BCUT2D eigenvalue weighted by Crippen LogP contribution is -2.23. The van der Waals surface area contributed by atoms with Gasteiger partial charge in [-0.1, -0.05) is 60.7 Å². The van der Waals surface area contributed by atoms with Crippen LogP contribution in [0.5, 0.6) is 0 Å². The number of nitrogens with zero attached hydrogens (tertiary/aromatic N) is 5. The number of nitrogens with one attached hydrogen (secondary N) is 1. The van der Waals surface area contributed by atoms with Gasteiger partial charge in [0.05, 0.1) is 18.8 Å². The fourth-order valence-electron chi connectivity index (χ4n) is 2.80. The molecule has 146 valence electrons. The Morgan fingerprint density at radius 2 is 1.72 bits per heavy atom. The minimum atomic E-state index is -0.0114. The molecule has 0 atom stereocenters. The van der Waals surface area contributed by atoms with Crippen LogP contribution in [0.25, 0.3) is 22.0 Å². The summed E-state index contributed by atoms with van der Waals surface area (Å²) in [5.74, 6) is 0.579. The predicted octanol–water partition coefficient (Wildman–Crippen LogP) is 3.56. The van der Waals surface area contributed by atoms with E-state index in [1.54, 1.807) is 11.3 Å². The summed E-state index contributed by atoms with van der Waals surface area (Å²) in [5, 5.41) is 18.3. The lowest BCUT2D eigenvalue weighted by molar-refractivity contribution is -0.121. The molecule has 0 unspecified atom stereocenters. The molecule has 0 fully saturated rings. The summed E-state index contributed by atoms with van der Waals surface area (Å²) in [6.45, 7) is 0.976. The summed E-state index contributed by atoms with van der Waals surface area (Å²) in [6, 6.07) is 19.7. The van der Waals surface area contributed by atoms with Gasteiger partial charge in [0.1, 0.15) is 5.01 Å². The SMILES string of the molecule is O=C(CCCn1nnc(-c2ccccc2)n1)NCc1csc(-c2ccccc2)n1. The third-order valence-electron chi connectivity index (χ3n) is 4.29. The van der Waals surface area contributed by atoms with Crippen molar-refractivity contribution in [3.63, 3.8) is 0 Å². The standard InChI is InChI=1S/C21H20N6OS/c28-19(22-14-18-15-29-21(23-18)17-10-5-2-6-11-17)12-7-13-27-25-20(24-26-27)16-8-3-1-4-9-16/h1-6,8-11,15H,7,12-14H2,(H,22,28). The van der Waals surface area contributed by atoms with Crippen molar-refractivity contribution in [2.75, 3.05) is 0 Å². The van der Waals surface area contributed by atoms with E-state index in [1.807, 2.05) is 66.0 Å². The molecule has 0 saturated heterocycles. The first-order valence-corrected chi connectivity index (χ1v) is 10.3. The molecule has 0 aliphatic carbocycles. The van der Waals surface area contributed by atoms with Crippen LogP contribution in [0.3, 0.4) is 0 Å². The van der Waals surface area contributed by atoms with Crippen LogP contribution in [-0.2, 0) is 17.9 Å². The highest BCUT2D eigenvalue weighted by atomic mass is 32.1. The molecule has 4 rings (SSSR count). The average Bonchev–Trinajstić information content (AvgIpc) is 3.44. The zero-order valence-corrected chi connectivity index (χ0v) is 16.5. The minimum absolute atomic E-state index is 0.0114. The monoisotopic (exact) mass is 404 g/mol. The Bertz CT molecular complexity index is 1060. The number of amides is 1. The number of rotatable bonds is 8. The van der Waals surface area contributed by atoms with Crippen LogP contribution in [0.4, 0.5) is 0 Å². The topological polar surface area (TPSA) is 85.6 Å². The molecule has 1 N–H and O–H groups in total. The van der Waals surface area contributed by atoms with Gasteiger partial charge in [0, 0.05) is 22.9 Å². The molecule has 0 radical (unpaired) electrons. The zero-order valence-electron chi connectivity index (χ0n) is 15.7. The maximum absolute atomic E-state index is 12.1. The van der Waals surface area contributed by atoms with Crippen LogP contribution < -0.4 is 5.32 Å². The van der Waals surface area contributed by atoms with E-state index in [0.717, 1.165) is 21.8 Å². The van der Waals surface area contributed by atoms with Crippen LogP contribution >= 0.6 is 11.3 Å². The van der Waals surface area contributed by atoms with Crippen molar-refractivity contribution < 1.29 is 4.79 Å². The van der Waals surface area contributed by atoms with E-state index < -0.39 is 0 Å². The molecule has 0 bridgehead atoms. The van der Waals surface area contributed by atoms with Crippen LogP contribution in [0, 0.1) is 0 Å². The first-order chi connectivity index (χ1) is 14.3. The van der Waals surface area contributed by atoms with Crippen molar-refractivity contribution in [3.8, 4) is 22.0 Å². The van der Waals surface area contributed by atoms with Crippen molar-refractivity contribution >= 4 is 17.2 Å². The smallest absolute Gasteiger partial charge is 0.220 e. The van der Waals surface area contributed by atoms with Crippen molar-refractivity contribution in [1.29, 1.82) is 0 Å². The fourth-order valence-corrected chi connectivity index (χ4v) is 3.63. The van der Waals surface area contributed by atoms with Gasteiger partial charge in [-0.25, -0.2) is 4.98 Å². The number of hydrogen-bond acceptors (Lipinski definition) is 6. The number of carbonyl (C=O) groups excluding carboxylic acids is 1. The zero-order chi connectivity index (χ0) is 19.9. The summed E-state index contributed by atoms with van der Waals surface area (Å²) in [6.07, 6.45) is 1.04. The molecule has 29 heavy (non-hydrogen) atoms. The summed E-state index contributed by atoms with van der Waals surface area (Å²) >= 11 is 1.58. The van der Waals surface area contributed by atoms with E-state index in [1.165, 1.54) is 4.80 Å². The third kappa shape index (κ3) is 5.11. The summed E-state index contributed by atoms with van der Waals surface area (Å²) < 4.78 is 0. The van der Waals surface area contributed by atoms with Crippen molar-refractivity contribution in [2.24, 2.45) is 0 Å². The molecule has 0 aliphatic heterocycles.